The molecular weight excluding hydrogens is 240 g/mol. The molecule has 0 bridgehead atoms. The van der Waals surface area contributed by atoms with Crippen LogP contribution in [0.15, 0.2) is 15.8 Å². The van der Waals surface area contributed by atoms with Gasteiger partial charge in [-0.15, -0.1) is 0 Å². The molecule has 18 heavy (non-hydrogen) atoms. The number of aromatic amines is 1. The number of hydrogen-bond donors (Lipinski definition) is 2. The highest BCUT2D eigenvalue weighted by molar-refractivity contribution is 6.02. The molecule has 1 unspecified atom stereocenters. The summed E-state index contributed by atoms with van der Waals surface area (Å²) in [6.07, 6.45) is 1.27. The number of urea groups is 1. The third kappa shape index (κ3) is 1.92. The summed E-state index contributed by atoms with van der Waals surface area (Å²) in [4.78, 5) is 47.9. The van der Waals surface area contributed by atoms with Crippen LogP contribution in [-0.2, 0) is 4.79 Å². The Hall–Kier alpha value is -2.38. The molecule has 1 saturated heterocycles. The van der Waals surface area contributed by atoms with Crippen LogP contribution in [0.25, 0.3) is 0 Å². The molecule has 2 rings (SSSR count). The lowest BCUT2D eigenvalue weighted by Gasteiger charge is -2.30. The third-order valence-corrected chi connectivity index (χ3v) is 2.72. The molecule has 1 aromatic heterocycles. The Bertz CT molecular complexity index is 630. The van der Waals surface area contributed by atoms with E-state index in [0.29, 0.717) is 5.56 Å². The third-order valence-electron chi connectivity index (χ3n) is 2.72. The van der Waals surface area contributed by atoms with Gasteiger partial charge in [-0.2, -0.15) is 0 Å². The number of amides is 3. The molecule has 2 heterocycles. The summed E-state index contributed by atoms with van der Waals surface area (Å²) in [6, 6.07) is -0.688. The van der Waals surface area contributed by atoms with E-state index in [4.69, 9.17) is 0 Å². The number of aromatic nitrogens is 2. The first-order valence-corrected chi connectivity index (χ1v) is 5.35. The lowest BCUT2D eigenvalue weighted by molar-refractivity contribution is -0.123. The zero-order valence-electron chi connectivity index (χ0n) is 9.89. The van der Waals surface area contributed by atoms with Crippen LogP contribution in [0.2, 0.25) is 0 Å². The highest BCUT2D eigenvalue weighted by atomic mass is 16.2. The second kappa shape index (κ2) is 4.13. The largest absolute Gasteiger partial charge is 0.347 e. The van der Waals surface area contributed by atoms with Gasteiger partial charge in [0.2, 0.25) is 5.91 Å². The fourth-order valence-electron chi connectivity index (χ4n) is 1.64. The lowest BCUT2D eigenvalue weighted by atomic mass is 10.1. The molecule has 0 spiro atoms. The van der Waals surface area contributed by atoms with Gasteiger partial charge in [0.1, 0.15) is 0 Å². The molecule has 1 aromatic rings. The number of aryl methyl sites for hydroxylation is 1. The molecule has 3 amide bonds. The van der Waals surface area contributed by atoms with E-state index in [1.54, 1.807) is 6.92 Å². The SMILES string of the molecule is Cc1cn(N2CC(C)C(=O)NC2=O)c(=O)[nH]c1=O. The normalized spacial score (nSPS) is 19.9. The minimum atomic E-state index is -0.720. The van der Waals surface area contributed by atoms with E-state index in [1.807, 2.05) is 0 Å². The Kier molecular flexibility index (Phi) is 2.77. The molecule has 0 saturated carbocycles. The van der Waals surface area contributed by atoms with Crippen LogP contribution in [0, 0.1) is 12.8 Å². The standard InChI is InChI=1S/C10H12N4O4/c1-5-3-13(9(17)11-7(5)15)14-4-6(2)8(16)12-10(14)18/h3,6H,4H2,1-2H3,(H,11,15,17)(H,12,16,18). The number of imide groups is 1. The van der Waals surface area contributed by atoms with Crippen molar-refractivity contribution in [2.45, 2.75) is 13.8 Å². The van der Waals surface area contributed by atoms with Crippen LogP contribution in [0.3, 0.4) is 0 Å². The molecular formula is C10H12N4O4. The van der Waals surface area contributed by atoms with Crippen LogP contribution < -0.4 is 21.6 Å². The van der Waals surface area contributed by atoms with Crippen molar-refractivity contribution in [1.82, 2.24) is 15.0 Å². The molecule has 8 heteroatoms. The number of nitrogens with one attached hydrogen (secondary N) is 2. The van der Waals surface area contributed by atoms with Crippen molar-refractivity contribution in [2.75, 3.05) is 11.6 Å². The zero-order valence-corrected chi connectivity index (χ0v) is 9.89. The van der Waals surface area contributed by atoms with Crippen molar-refractivity contribution >= 4 is 11.9 Å². The van der Waals surface area contributed by atoms with Gasteiger partial charge < -0.3 is 0 Å². The number of carbonyl (C=O) groups excluding carboxylic acids is 2. The first-order valence-electron chi connectivity index (χ1n) is 5.35. The van der Waals surface area contributed by atoms with Crippen molar-refractivity contribution in [2.24, 2.45) is 5.92 Å². The predicted octanol–water partition coefficient (Wildman–Crippen LogP) is -1.33. The summed E-state index contributed by atoms with van der Waals surface area (Å²) in [7, 11) is 0. The van der Waals surface area contributed by atoms with Crippen molar-refractivity contribution in [1.29, 1.82) is 0 Å². The molecule has 1 atom stereocenters. The average molecular weight is 252 g/mol. The first-order chi connectivity index (χ1) is 8.40. The Balaban J connectivity index is 2.46. The van der Waals surface area contributed by atoms with Crippen molar-refractivity contribution in [3.05, 3.63) is 32.6 Å². The maximum Gasteiger partial charge on any atom is 0.347 e. The summed E-state index contributed by atoms with van der Waals surface area (Å²) < 4.78 is 0.995. The number of rotatable bonds is 1. The van der Waals surface area contributed by atoms with Gasteiger partial charge in [0.05, 0.1) is 12.5 Å². The van der Waals surface area contributed by atoms with Crippen LogP contribution in [-0.4, -0.2) is 28.1 Å². The Labute approximate surface area is 101 Å². The summed E-state index contributed by atoms with van der Waals surface area (Å²) in [6.45, 7) is 3.24. The Morgan fingerprint density at radius 1 is 1.28 bits per heavy atom. The van der Waals surface area contributed by atoms with Gasteiger partial charge in [-0.05, 0) is 6.92 Å². The molecule has 2 N–H and O–H groups in total. The van der Waals surface area contributed by atoms with Gasteiger partial charge in [-0.3, -0.25) is 19.9 Å². The molecule has 1 aliphatic rings. The molecule has 96 valence electrons. The maximum absolute atomic E-state index is 11.6. The zero-order chi connectivity index (χ0) is 13.4. The average Bonchev–Trinajstić information content (AvgIpc) is 2.29. The highest BCUT2D eigenvalue weighted by Crippen LogP contribution is 2.05. The molecule has 0 radical (unpaired) electrons. The minimum absolute atomic E-state index is 0.0794. The van der Waals surface area contributed by atoms with Crippen molar-refractivity contribution in [3.63, 3.8) is 0 Å². The molecule has 0 aromatic carbocycles. The van der Waals surface area contributed by atoms with Gasteiger partial charge in [0, 0.05) is 11.8 Å². The van der Waals surface area contributed by atoms with E-state index in [-0.39, 0.29) is 12.5 Å². The smallest absolute Gasteiger partial charge is 0.276 e. The van der Waals surface area contributed by atoms with Gasteiger partial charge in [0.25, 0.3) is 5.56 Å². The fraction of sp³-hybridized carbons (Fsp3) is 0.400. The van der Waals surface area contributed by atoms with E-state index in [9.17, 15) is 19.2 Å². The fourth-order valence-corrected chi connectivity index (χ4v) is 1.64. The highest BCUT2D eigenvalue weighted by Gasteiger charge is 2.30. The van der Waals surface area contributed by atoms with Crippen molar-refractivity contribution in [3.8, 4) is 0 Å². The number of nitrogens with zero attached hydrogens (tertiary/aromatic N) is 2. The predicted molar refractivity (Wildman–Crippen MR) is 61.8 cm³/mol. The Morgan fingerprint density at radius 3 is 2.61 bits per heavy atom. The van der Waals surface area contributed by atoms with Crippen LogP contribution in [0.1, 0.15) is 12.5 Å². The topological polar surface area (TPSA) is 104 Å². The number of H-pyrrole nitrogens is 1. The summed E-state index contributed by atoms with van der Waals surface area (Å²) >= 11 is 0. The van der Waals surface area contributed by atoms with Crippen LogP contribution in [0.5, 0.6) is 0 Å². The molecule has 8 nitrogen and oxygen atoms in total. The number of hydrogen-bond acceptors (Lipinski definition) is 4. The first kappa shape index (κ1) is 12.1. The molecule has 0 aliphatic carbocycles. The van der Waals surface area contributed by atoms with E-state index in [2.05, 4.69) is 10.3 Å². The summed E-state index contributed by atoms with van der Waals surface area (Å²) in [5.74, 6) is -0.813. The molecule has 1 fully saturated rings. The maximum atomic E-state index is 11.6. The van der Waals surface area contributed by atoms with Gasteiger partial charge in [0.15, 0.2) is 0 Å². The second-order valence-corrected chi connectivity index (χ2v) is 4.19. The summed E-state index contributed by atoms with van der Waals surface area (Å²) in [5.41, 5.74) is -0.924. The van der Waals surface area contributed by atoms with E-state index >= 15 is 0 Å². The second-order valence-electron chi connectivity index (χ2n) is 4.19. The Morgan fingerprint density at radius 2 is 1.94 bits per heavy atom. The van der Waals surface area contributed by atoms with Gasteiger partial charge in [-0.25, -0.2) is 19.3 Å². The lowest BCUT2D eigenvalue weighted by Crippen LogP contribution is -2.61. The van der Waals surface area contributed by atoms with E-state index in [0.717, 1.165) is 9.69 Å². The quantitative estimate of drug-likeness (QED) is 0.646. The molecule has 1 aliphatic heterocycles. The summed E-state index contributed by atoms with van der Waals surface area (Å²) in [5, 5.41) is 3.22. The van der Waals surface area contributed by atoms with Crippen LogP contribution >= 0.6 is 0 Å². The van der Waals surface area contributed by atoms with Gasteiger partial charge >= 0.3 is 11.7 Å². The van der Waals surface area contributed by atoms with Crippen LogP contribution in [0.4, 0.5) is 4.79 Å². The van der Waals surface area contributed by atoms with E-state index < -0.39 is 23.2 Å². The van der Waals surface area contributed by atoms with Gasteiger partial charge in [-0.1, -0.05) is 6.92 Å². The number of carbonyl (C=O) groups is 2. The minimum Gasteiger partial charge on any atom is -0.276 e. The monoisotopic (exact) mass is 252 g/mol. The van der Waals surface area contributed by atoms with Crippen molar-refractivity contribution < 1.29 is 9.59 Å². The van der Waals surface area contributed by atoms with E-state index in [1.165, 1.54) is 13.1 Å².